The van der Waals surface area contributed by atoms with Crippen molar-refractivity contribution in [2.45, 2.75) is 0 Å². The summed E-state index contributed by atoms with van der Waals surface area (Å²) in [4.78, 5) is 20.8. The molecule has 0 bridgehead atoms. The van der Waals surface area contributed by atoms with E-state index in [2.05, 4.69) is 153 Å². The van der Waals surface area contributed by atoms with Gasteiger partial charge < -0.3 is 19.3 Å². The fraction of sp³-hybridized carbons (Fsp3) is 0.240. The summed E-state index contributed by atoms with van der Waals surface area (Å²) >= 11 is 0. The number of benzene rings is 6. The van der Waals surface area contributed by atoms with Crippen LogP contribution in [0.2, 0.25) is 0 Å². The minimum absolute atomic E-state index is 0.607. The molecule has 6 aromatic rings. The van der Waals surface area contributed by atoms with Crippen LogP contribution in [0.5, 0.6) is 11.5 Å². The molecule has 0 aliphatic carbocycles. The highest BCUT2D eigenvalue weighted by atomic mass is 16.5. The molecular weight excluding hydrogens is 717 g/mol. The fourth-order valence-electron chi connectivity index (χ4n) is 8.10. The Kier molecular flexibility index (Phi) is 11.5. The topological polar surface area (TPSA) is 56.1 Å². The van der Waals surface area contributed by atoms with Crippen LogP contribution >= 0.6 is 0 Å². The zero-order chi connectivity index (χ0) is 38.9. The van der Waals surface area contributed by atoms with Crippen molar-refractivity contribution < 1.29 is 9.47 Å². The summed E-state index contributed by atoms with van der Waals surface area (Å²) in [6.07, 6.45) is 0. The molecule has 58 heavy (non-hydrogen) atoms. The lowest BCUT2D eigenvalue weighted by Gasteiger charge is -2.36. The van der Waals surface area contributed by atoms with E-state index in [1.807, 2.05) is 24.3 Å². The lowest BCUT2D eigenvalue weighted by molar-refractivity contribution is 0.200. The summed E-state index contributed by atoms with van der Waals surface area (Å²) in [5.41, 5.74) is 6.36. The van der Waals surface area contributed by atoms with Gasteiger partial charge in [0.05, 0.1) is 22.1 Å². The van der Waals surface area contributed by atoms with Gasteiger partial charge in [0.2, 0.25) is 0 Å². The van der Waals surface area contributed by atoms with Gasteiger partial charge in [-0.3, -0.25) is 9.80 Å². The molecule has 9 rings (SSSR count). The molecule has 0 radical (unpaired) electrons. The second kappa shape index (κ2) is 17.9. The minimum atomic E-state index is 0.607. The molecule has 0 aromatic heterocycles. The van der Waals surface area contributed by atoms with E-state index in [0.29, 0.717) is 13.2 Å². The molecule has 2 fully saturated rings. The van der Waals surface area contributed by atoms with Gasteiger partial charge in [-0.1, -0.05) is 97.1 Å². The summed E-state index contributed by atoms with van der Waals surface area (Å²) in [6.45, 7) is 11.1. The molecule has 0 spiro atoms. The number of rotatable bonds is 12. The van der Waals surface area contributed by atoms with E-state index in [9.17, 15) is 0 Å². The Hall–Kier alpha value is -6.22. The number of ether oxygens (including phenoxy) is 2. The van der Waals surface area contributed by atoms with Crippen molar-refractivity contribution in [1.29, 1.82) is 0 Å². The van der Waals surface area contributed by atoms with E-state index in [0.717, 1.165) is 121 Å². The number of piperazine rings is 2. The first-order chi connectivity index (χ1) is 28.7. The van der Waals surface area contributed by atoms with E-state index in [4.69, 9.17) is 19.5 Å². The molecular formula is C50H50N6O2. The molecule has 3 heterocycles. The summed E-state index contributed by atoms with van der Waals surface area (Å²) in [6, 6.07) is 54.6. The van der Waals surface area contributed by atoms with Crippen LogP contribution in [0.1, 0.15) is 11.1 Å². The summed E-state index contributed by atoms with van der Waals surface area (Å²) < 4.78 is 12.9. The van der Waals surface area contributed by atoms with Crippen LogP contribution in [0.15, 0.2) is 168 Å². The van der Waals surface area contributed by atoms with E-state index in [1.54, 1.807) is 0 Å². The Morgan fingerprint density at radius 3 is 1.14 bits per heavy atom. The molecule has 0 amide bonds. The average Bonchev–Trinajstić information content (AvgIpc) is 3.29. The first-order valence-electron chi connectivity index (χ1n) is 20.6. The predicted molar refractivity (Wildman–Crippen MR) is 234 cm³/mol. The Morgan fingerprint density at radius 1 is 0.397 bits per heavy atom. The zero-order valence-electron chi connectivity index (χ0n) is 33.0. The van der Waals surface area contributed by atoms with Crippen LogP contribution < -0.4 is 40.4 Å². The first-order valence-corrected chi connectivity index (χ1v) is 20.6. The Balaban J connectivity index is 0.969. The Bertz CT molecular complexity index is 2360. The van der Waals surface area contributed by atoms with Gasteiger partial charge >= 0.3 is 0 Å². The molecule has 8 heteroatoms. The standard InChI is InChI=1S/C50H50N6O2/c1-5-13-39(14-6-1)49-45-37-43(57-35-33-53-25-29-55(30-26-53)41-17-9-3-10-18-41)21-23-47(45)52-50(40-15-7-2-8-16-40)46-38-44(22-24-48(46)51-49)58-36-34-54-27-31-56(32-28-54)42-19-11-4-12-20-42/h1-24,37-38H,25-36H2/b49-45-,50-46-,51-48+,51-49?,52-47+,52-50?. The maximum Gasteiger partial charge on any atom is 0.120 e. The largest absolute Gasteiger partial charge is 0.492 e. The highest BCUT2D eigenvalue weighted by Crippen LogP contribution is 2.19. The van der Waals surface area contributed by atoms with Gasteiger partial charge in [-0.25, -0.2) is 9.98 Å². The fourth-order valence-corrected chi connectivity index (χ4v) is 8.10. The molecule has 0 N–H and O–H groups in total. The van der Waals surface area contributed by atoms with Crippen LogP contribution in [0, 0.1) is 0 Å². The zero-order valence-corrected chi connectivity index (χ0v) is 33.0. The molecule has 3 aliphatic rings. The number of para-hydroxylation sites is 2. The van der Waals surface area contributed by atoms with Gasteiger partial charge in [0.1, 0.15) is 24.7 Å². The SMILES string of the molecule is c1ccc(C2=c3\cc(OCCN4CCN(c5ccccc5)CC4)cc\c3=N/C(c3ccccc3)=c3/cc(OCCN4CCN(c5ccccc5)CC4)cc/c3=N\2)cc1. The van der Waals surface area contributed by atoms with Crippen molar-refractivity contribution in [3.8, 4) is 11.5 Å². The molecule has 6 aromatic carbocycles. The van der Waals surface area contributed by atoms with Gasteiger partial charge in [0.25, 0.3) is 0 Å². The molecule has 0 unspecified atom stereocenters. The average molecular weight is 767 g/mol. The van der Waals surface area contributed by atoms with Crippen molar-refractivity contribution in [2.75, 3.05) is 88.5 Å². The maximum atomic E-state index is 6.46. The first kappa shape index (κ1) is 37.4. The molecule has 3 aliphatic heterocycles. The van der Waals surface area contributed by atoms with Crippen molar-refractivity contribution in [2.24, 2.45) is 9.98 Å². The van der Waals surface area contributed by atoms with E-state index < -0.39 is 0 Å². The van der Waals surface area contributed by atoms with Crippen LogP contribution in [0.4, 0.5) is 11.4 Å². The van der Waals surface area contributed by atoms with Crippen LogP contribution in [-0.4, -0.2) is 88.5 Å². The van der Waals surface area contributed by atoms with Gasteiger partial charge in [0.15, 0.2) is 0 Å². The monoisotopic (exact) mass is 766 g/mol. The highest BCUT2D eigenvalue weighted by molar-refractivity contribution is 5.69. The van der Waals surface area contributed by atoms with E-state index in [1.165, 1.54) is 11.4 Å². The summed E-state index contributed by atoms with van der Waals surface area (Å²) in [5, 5.41) is 3.56. The van der Waals surface area contributed by atoms with Crippen molar-refractivity contribution in [1.82, 2.24) is 9.80 Å². The quantitative estimate of drug-likeness (QED) is 0.168. The predicted octanol–water partition coefficient (Wildman–Crippen LogP) is 5.35. The van der Waals surface area contributed by atoms with Crippen LogP contribution in [0.25, 0.3) is 11.4 Å². The number of fused-ring (bicyclic) bond motifs is 2. The summed E-state index contributed by atoms with van der Waals surface area (Å²) in [5.74, 6) is 1.63. The van der Waals surface area contributed by atoms with Crippen LogP contribution in [0.3, 0.4) is 0 Å². The van der Waals surface area contributed by atoms with Gasteiger partial charge in [-0.05, 0) is 60.7 Å². The van der Waals surface area contributed by atoms with Crippen molar-refractivity contribution >= 4 is 22.8 Å². The lowest BCUT2D eigenvalue weighted by Crippen LogP contribution is -2.47. The van der Waals surface area contributed by atoms with Gasteiger partial charge in [-0.2, -0.15) is 0 Å². The Labute approximate surface area is 340 Å². The maximum absolute atomic E-state index is 6.46. The normalized spacial score (nSPS) is 19.0. The van der Waals surface area contributed by atoms with E-state index >= 15 is 0 Å². The molecule has 292 valence electrons. The highest BCUT2D eigenvalue weighted by Gasteiger charge is 2.19. The van der Waals surface area contributed by atoms with Gasteiger partial charge in [0, 0.05) is 98.4 Å². The van der Waals surface area contributed by atoms with Crippen molar-refractivity contribution in [3.05, 3.63) is 190 Å². The molecule has 0 saturated carbocycles. The third kappa shape index (κ3) is 8.84. The summed E-state index contributed by atoms with van der Waals surface area (Å²) in [7, 11) is 0. The second-order valence-corrected chi connectivity index (χ2v) is 15.0. The number of nitrogens with zero attached hydrogens (tertiary/aromatic N) is 6. The molecule has 2 saturated heterocycles. The number of anilines is 2. The Morgan fingerprint density at radius 2 is 0.759 bits per heavy atom. The number of hydrogen-bond acceptors (Lipinski definition) is 8. The van der Waals surface area contributed by atoms with Crippen LogP contribution in [-0.2, 0) is 0 Å². The van der Waals surface area contributed by atoms with E-state index in [-0.39, 0.29) is 0 Å². The second-order valence-electron chi connectivity index (χ2n) is 15.0. The smallest absolute Gasteiger partial charge is 0.120 e. The minimum Gasteiger partial charge on any atom is -0.492 e. The third-order valence-corrected chi connectivity index (χ3v) is 11.3. The van der Waals surface area contributed by atoms with Crippen molar-refractivity contribution in [3.63, 3.8) is 0 Å². The third-order valence-electron chi connectivity index (χ3n) is 11.3. The molecule has 0 atom stereocenters. The molecule has 8 nitrogen and oxygen atoms in total. The number of hydrogen-bond donors (Lipinski definition) is 0. The van der Waals surface area contributed by atoms with Gasteiger partial charge in [-0.15, -0.1) is 0 Å². The lowest BCUT2D eigenvalue weighted by atomic mass is 10.1.